The van der Waals surface area contributed by atoms with Crippen LogP contribution in [0.25, 0.3) is 5.69 Å². The van der Waals surface area contributed by atoms with Crippen molar-refractivity contribution in [2.45, 2.75) is 20.4 Å². The van der Waals surface area contributed by atoms with E-state index in [2.05, 4.69) is 10.4 Å². The Morgan fingerprint density at radius 2 is 1.63 bits per heavy atom. The van der Waals surface area contributed by atoms with Crippen LogP contribution >= 0.6 is 11.3 Å². The number of carbonyl (C=O) groups excluding carboxylic acids is 2. The van der Waals surface area contributed by atoms with Gasteiger partial charge in [-0.1, -0.05) is 42.5 Å². The Morgan fingerprint density at radius 3 is 2.33 bits per heavy atom. The second-order valence-corrected chi connectivity index (χ2v) is 7.88. The van der Waals surface area contributed by atoms with Crippen molar-refractivity contribution in [2.24, 2.45) is 0 Å². The lowest BCUT2D eigenvalue weighted by Gasteiger charge is -2.10. The first-order valence-electron chi connectivity index (χ1n) is 9.62. The fraction of sp³-hybridized carbons (Fsp3) is 0.125. The number of rotatable bonds is 6. The molecular weight excluding hydrogens is 394 g/mol. The van der Waals surface area contributed by atoms with Crippen molar-refractivity contribution in [3.63, 3.8) is 0 Å². The van der Waals surface area contributed by atoms with Crippen LogP contribution in [0.3, 0.4) is 0 Å². The van der Waals surface area contributed by atoms with Crippen molar-refractivity contribution in [1.82, 2.24) is 15.1 Å². The van der Waals surface area contributed by atoms with Crippen molar-refractivity contribution in [3.05, 3.63) is 105 Å². The van der Waals surface area contributed by atoms with Crippen molar-refractivity contribution in [3.8, 4) is 5.69 Å². The molecule has 5 nitrogen and oxygen atoms in total. The number of para-hydroxylation sites is 1. The van der Waals surface area contributed by atoms with Crippen molar-refractivity contribution in [1.29, 1.82) is 0 Å². The minimum atomic E-state index is -0.276. The first-order chi connectivity index (χ1) is 14.6. The van der Waals surface area contributed by atoms with Gasteiger partial charge in [0.2, 0.25) is 5.78 Å². The Labute approximate surface area is 179 Å². The van der Waals surface area contributed by atoms with E-state index < -0.39 is 0 Å². The zero-order chi connectivity index (χ0) is 21.1. The van der Waals surface area contributed by atoms with Crippen LogP contribution in [-0.2, 0) is 6.54 Å². The molecule has 0 aliphatic rings. The molecule has 0 radical (unpaired) electrons. The molecule has 0 saturated carbocycles. The van der Waals surface area contributed by atoms with Gasteiger partial charge in [-0.25, -0.2) is 4.68 Å². The normalized spacial score (nSPS) is 10.7. The van der Waals surface area contributed by atoms with E-state index in [4.69, 9.17) is 0 Å². The van der Waals surface area contributed by atoms with Gasteiger partial charge in [-0.2, -0.15) is 5.10 Å². The number of amides is 1. The first kappa shape index (κ1) is 19.8. The summed E-state index contributed by atoms with van der Waals surface area (Å²) in [4.78, 5) is 26.3. The molecule has 1 N–H and O–H groups in total. The third-order valence-electron chi connectivity index (χ3n) is 5.03. The molecule has 0 unspecified atom stereocenters. The van der Waals surface area contributed by atoms with Gasteiger partial charge in [0.15, 0.2) is 0 Å². The van der Waals surface area contributed by atoms with E-state index in [0.29, 0.717) is 22.5 Å². The highest BCUT2D eigenvalue weighted by Gasteiger charge is 2.20. The van der Waals surface area contributed by atoms with Gasteiger partial charge >= 0.3 is 0 Å². The predicted molar refractivity (Wildman–Crippen MR) is 118 cm³/mol. The van der Waals surface area contributed by atoms with Gasteiger partial charge in [0.25, 0.3) is 5.91 Å². The number of ketones is 1. The number of nitrogens with one attached hydrogen (secondary N) is 1. The molecule has 0 aliphatic heterocycles. The van der Waals surface area contributed by atoms with Gasteiger partial charge in [-0.15, -0.1) is 11.3 Å². The summed E-state index contributed by atoms with van der Waals surface area (Å²) in [6, 6.07) is 20.4. The molecule has 0 bridgehead atoms. The Kier molecular flexibility index (Phi) is 5.59. The maximum atomic E-state index is 12.9. The number of carbonyl (C=O) groups is 2. The Balaban J connectivity index is 1.56. The summed E-state index contributed by atoms with van der Waals surface area (Å²) >= 11 is 1.37. The monoisotopic (exact) mass is 415 g/mol. The van der Waals surface area contributed by atoms with Crippen LogP contribution in [0.15, 0.2) is 72.1 Å². The van der Waals surface area contributed by atoms with Crippen molar-refractivity contribution >= 4 is 23.0 Å². The van der Waals surface area contributed by atoms with Gasteiger partial charge in [0.1, 0.15) is 0 Å². The summed E-state index contributed by atoms with van der Waals surface area (Å²) in [7, 11) is 0. The lowest BCUT2D eigenvalue weighted by Crippen LogP contribution is -2.25. The third kappa shape index (κ3) is 3.82. The average Bonchev–Trinajstić information content (AvgIpc) is 3.41. The molecule has 0 aliphatic carbocycles. The van der Waals surface area contributed by atoms with Gasteiger partial charge in [-0.05, 0) is 43.5 Å². The number of benzene rings is 2. The molecule has 1 amide bonds. The summed E-state index contributed by atoms with van der Waals surface area (Å²) in [5, 5.41) is 9.44. The molecule has 150 valence electrons. The van der Waals surface area contributed by atoms with E-state index in [1.807, 2.05) is 60.3 Å². The molecule has 2 heterocycles. The number of hydrogen-bond acceptors (Lipinski definition) is 4. The van der Waals surface area contributed by atoms with Gasteiger partial charge in [0, 0.05) is 23.4 Å². The molecule has 4 rings (SSSR count). The summed E-state index contributed by atoms with van der Waals surface area (Å²) in [5.74, 6) is -0.415. The van der Waals surface area contributed by atoms with E-state index in [9.17, 15) is 9.59 Å². The maximum absolute atomic E-state index is 12.9. The van der Waals surface area contributed by atoms with Crippen LogP contribution in [0.2, 0.25) is 0 Å². The molecule has 2 aromatic carbocycles. The standard InChI is InChI=1S/C24H21N3O2S/c1-16-21(17(2)27(26-16)18-9-4-3-5-10-18)15-25-24(29)20-12-7-6-11-19(20)23(28)22-13-8-14-30-22/h3-14H,15H2,1-2H3,(H,25,29). The molecule has 0 atom stereocenters. The summed E-state index contributed by atoms with van der Waals surface area (Å²) in [6.07, 6.45) is 0. The Bertz CT molecular complexity index is 1190. The van der Waals surface area contributed by atoms with Crippen LogP contribution < -0.4 is 5.32 Å². The third-order valence-corrected chi connectivity index (χ3v) is 5.90. The number of aryl methyl sites for hydroxylation is 1. The topological polar surface area (TPSA) is 64.0 Å². The number of thiophene rings is 1. The zero-order valence-electron chi connectivity index (χ0n) is 16.8. The Morgan fingerprint density at radius 1 is 0.933 bits per heavy atom. The molecule has 4 aromatic rings. The molecule has 30 heavy (non-hydrogen) atoms. The van der Waals surface area contributed by atoms with Crippen LogP contribution in [0.1, 0.15) is 42.5 Å². The SMILES string of the molecule is Cc1nn(-c2ccccc2)c(C)c1CNC(=O)c1ccccc1C(=O)c1cccs1. The first-order valence-corrected chi connectivity index (χ1v) is 10.5. The zero-order valence-corrected chi connectivity index (χ0v) is 17.6. The number of aromatic nitrogens is 2. The van der Waals surface area contributed by atoms with Gasteiger partial charge in [0.05, 0.1) is 21.8 Å². The van der Waals surface area contributed by atoms with Crippen LogP contribution in [0.5, 0.6) is 0 Å². The largest absolute Gasteiger partial charge is 0.348 e. The van der Waals surface area contributed by atoms with Crippen LogP contribution in [0.4, 0.5) is 0 Å². The van der Waals surface area contributed by atoms with E-state index in [1.165, 1.54) is 11.3 Å². The maximum Gasteiger partial charge on any atom is 0.252 e. The minimum Gasteiger partial charge on any atom is -0.348 e. The Hall–Kier alpha value is -3.51. The smallest absolute Gasteiger partial charge is 0.252 e. The van der Waals surface area contributed by atoms with Gasteiger partial charge < -0.3 is 5.32 Å². The van der Waals surface area contributed by atoms with E-state index in [-0.39, 0.29) is 11.7 Å². The van der Waals surface area contributed by atoms with E-state index in [0.717, 1.165) is 22.6 Å². The second-order valence-electron chi connectivity index (χ2n) is 6.93. The lowest BCUT2D eigenvalue weighted by atomic mass is 10.0. The van der Waals surface area contributed by atoms with E-state index >= 15 is 0 Å². The van der Waals surface area contributed by atoms with Crippen molar-refractivity contribution in [2.75, 3.05) is 0 Å². The molecule has 2 aromatic heterocycles. The highest BCUT2D eigenvalue weighted by atomic mass is 32.1. The van der Waals surface area contributed by atoms with Crippen molar-refractivity contribution < 1.29 is 9.59 Å². The van der Waals surface area contributed by atoms with Crippen LogP contribution in [0, 0.1) is 13.8 Å². The lowest BCUT2D eigenvalue weighted by molar-refractivity contribution is 0.0940. The average molecular weight is 416 g/mol. The van der Waals surface area contributed by atoms with Crippen LogP contribution in [-0.4, -0.2) is 21.5 Å². The molecular formula is C24H21N3O2S. The quantitative estimate of drug-likeness (QED) is 0.464. The second kappa shape index (κ2) is 8.47. The highest BCUT2D eigenvalue weighted by molar-refractivity contribution is 7.12. The highest BCUT2D eigenvalue weighted by Crippen LogP contribution is 2.20. The van der Waals surface area contributed by atoms with E-state index in [1.54, 1.807) is 30.3 Å². The fourth-order valence-electron chi connectivity index (χ4n) is 3.43. The fourth-order valence-corrected chi connectivity index (χ4v) is 4.11. The summed E-state index contributed by atoms with van der Waals surface area (Å²) in [5.41, 5.74) is 4.56. The molecule has 6 heteroatoms. The summed E-state index contributed by atoms with van der Waals surface area (Å²) < 4.78 is 1.88. The molecule has 0 fully saturated rings. The molecule has 0 spiro atoms. The predicted octanol–water partition coefficient (Wildman–Crippen LogP) is 4.71. The number of nitrogens with zero attached hydrogens (tertiary/aromatic N) is 2. The number of hydrogen-bond donors (Lipinski definition) is 1. The molecule has 0 saturated heterocycles. The minimum absolute atomic E-state index is 0.139. The van der Waals surface area contributed by atoms with Gasteiger partial charge in [-0.3, -0.25) is 9.59 Å². The summed E-state index contributed by atoms with van der Waals surface area (Å²) in [6.45, 7) is 4.26.